The SMILES string of the molecule is Cc1nc2ccc(N(C)Cc3cc(N)no3)cc2[nH]1. The Morgan fingerprint density at radius 3 is 2.95 bits per heavy atom. The number of hydrogen-bond acceptors (Lipinski definition) is 5. The average Bonchev–Trinajstić information content (AvgIpc) is 2.93. The van der Waals surface area contributed by atoms with Crippen LogP contribution in [0.15, 0.2) is 28.8 Å². The van der Waals surface area contributed by atoms with Gasteiger partial charge in [-0.2, -0.15) is 0 Å². The molecule has 0 spiro atoms. The number of nitrogen functional groups attached to an aromatic ring is 1. The van der Waals surface area contributed by atoms with Crippen molar-refractivity contribution in [2.75, 3.05) is 17.7 Å². The number of aromatic amines is 1. The molecular formula is C13H15N5O. The lowest BCUT2D eigenvalue weighted by Gasteiger charge is -2.17. The third-order valence-electron chi connectivity index (χ3n) is 2.99. The van der Waals surface area contributed by atoms with Crippen molar-refractivity contribution in [3.05, 3.63) is 35.9 Å². The van der Waals surface area contributed by atoms with E-state index in [4.69, 9.17) is 10.3 Å². The van der Waals surface area contributed by atoms with Crippen molar-refractivity contribution in [3.8, 4) is 0 Å². The number of aromatic nitrogens is 3. The third kappa shape index (κ3) is 2.24. The van der Waals surface area contributed by atoms with Crippen molar-refractivity contribution < 1.29 is 4.52 Å². The van der Waals surface area contributed by atoms with Gasteiger partial charge < -0.3 is 20.1 Å². The van der Waals surface area contributed by atoms with E-state index in [0.717, 1.165) is 28.3 Å². The molecular weight excluding hydrogens is 242 g/mol. The Morgan fingerprint density at radius 2 is 2.21 bits per heavy atom. The predicted octanol–water partition coefficient (Wildman–Crippen LogP) is 2.08. The summed E-state index contributed by atoms with van der Waals surface area (Å²) in [6.45, 7) is 2.56. The predicted molar refractivity (Wildman–Crippen MR) is 73.9 cm³/mol. The van der Waals surface area contributed by atoms with Crippen molar-refractivity contribution in [1.29, 1.82) is 0 Å². The highest BCUT2D eigenvalue weighted by Gasteiger charge is 2.08. The summed E-state index contributed by atoms with van der Waals surface area (Å²) in [6.07, 6.45) is 0. The molecule has 2 aromatic heterocycles. The fraction of sp³-hybridized carbons (Fsp3) is 0.231. The van der Waals surface area contributed by atoms with Crippen molar-refractivity contribution in [3.63, 3.8) is 0 Å². The van der Waals surface area contributed by atoms with Gasteiger partial charge in [-0.1, -0.05) is 5.16 Å². The highest BCUT2D eigenvalue weighted by atomic mass is 16.5. The zero-order valence-electron chi connectivity index (χ0n) is 10.8. The van der Waals surface area contributed by atoms with Crippen LogP contribution < -0.4 is 10.6 Å². The molecule has 0 aliphatic carbocycles. The summed E-state index contributed by atoms with van der Waals surface area (Å²) in [6, 6.07) is 7.83. The third-order valence-corrected chi connectivity index (χ3v) is 2.99. The Bertz CT molecular complexity index is 715. The largest absolute Gasteiger partial charge is 0.381 e. The number of rotatable bonds is 3. The van der Waals surface area contributed by atoms with Crippen molar-refractivity contribution in [1.82, 2.24) is 15.1 Å². The van der Waals surface area contributed by atoms with Gasteiger partial charge in [0.1, 0.15) is 5.82 Å². The number of H-pyrrole nitrogens is 1. The van der Waals surface area contributed by atoms with Crippen molar-refractivity contribution >= 4 is 22.5 Å². The van der Waals surface area contributed by atoms with Crippen LogP contribution >= 0.6 is 0 Å². The van der Waals surface area contributed by atoms with Crippen LogP contribution in [0.1, 0.15) is 11.6 Å². The van der Waals surface area contributed by atoms with Crippen molar-refractivity contribution in [2.45, 2.75) is 13.5 Å². The monoisotopic (exact) mass is 257 g/mol. The molecule has 3 rings (SSSR count). The van der Waals surface area contributed by atoms with Gasteiger partial charge in [0, 0.05) is 18.8 Å². The van der Waals surface area contributed by atoms with E-state index in [2.05, 4.69) is 26.1 Å². The minimum absolute atomic E-state index is 0.406. The van der Waals surface area contributed by atoms with Crippen LogP contribution in [-0.4, -0.2) is 22.2 Å². The molecule has 1 aromatic carbocycles. The van der Waals surface area contributed by atoms with Gasteiger partial charge in [0.15, 0.2) is 11.6 Å². The van der Waals surface area contributed by atoms with Crippen LogP contribution in [0.4, 0.5) is 11.5 Å². The van der Waals surface area contributed by atoms with E-state index < -0.39 is 0 Å². The lowest BCUT2D eigenvalue weighted by atomic mass is 10.2. The first-order valence-corrected chi connectivity index (χ1v) is 6.00. The van der Waals surface area contributed by atoms with Gasteiger partial charge >= 0.3 is 0 Å². The normalized spacial score (nSPS) is 11.1. The van der Waals surface area contributed by atoms with E-state index in [1.54, 1.807) is 6.07 Å². The standard InChI is InChI=1S/C13H15N5O/c1-8-15-11-4-3-9(5-12(11)16-8)18(2)7-10-6-13(14)17-19-10/h3-6H,7H2,1-2H3,(H2,14,17)(H,15,16). The zero-order chi connectivity index (χ0) is 13.4. The Balaban J connectivity index is 1.86. The van der Waals surface area contributed by atoms with Crippen LogP contribution in [-0.2, 0) is 6.54 Å². The first-order valence-electron chi connectivity index (χ1n) is 6.00. The maximum absolute atomic E-state index is 5.53. The second kappa shape index (κ2) is 4.31. The molecule has 0 bridgehead atoms. The molecule has 3 aromatic rings. The van der Waals surface area contributed by atoms with Crippen molar-refractivity contribution in [2.24, 2.45) is 0 Å². The number of nitrogens with one attached hydrogen (secondary N) is 1. The molecule has 0 radical (unpaired) electrons. The van der Waals surface area contributed by atoms with E-state index in [1.165, 1.54) is 0 Å². The summed E-state index contributed by atoms with van der Waals surface area (Å²) in [5.41, 5.74) is 8.61. The second-order valence-electron chi connectivity index (χ2n) is 4.60. The molecule has 0 fully saturated rings. The maximum Gasteiger partial charge on any atom is 0.167 e. The van der Waals surface area contributed by atoms with E-state index in [0.29, 0.717) is 12.4 Å². The number of benzene rings is 1. The smallest absolute Gasteiger partial charge is 0.167 e. The fourth-order valence-corrected chi connectivity index (χ4v) is 2.09. The molecule has 0 atom stereocenters. The first-order chi connectivity index (χ1) is 9.11. The lowest BCUT2D eigenvalue weighted by molar-refractivity contribution is 0.385. The zero-order valence-corrected chi connectivity index (χ0v) is 10.8. The molecule has 0 amide bonds. The number of aryl methyl sites for hydroxylation is 1. The number of fused-ring (bicyclic) bond motifs is 1. The Hall–Kier alpha value is -2.50. The van der Waals surface area contributed by atoms with Gasteiger partial charge in [0.2, 0.25) is 0 Å². The molecule has 0 aliphatic heterocycles. The molecule has 0 aliphatic rings. The number of nitrogens with zero attached hydrogens (tertiary/aromatic N) is 3. The van der Waals surface area contributed by atoms with Crippen LogP contribution in [0.3, 0.4) is 0 Å². The number of hydrogen-bond donors (Lipinski definition) is 2. The minimum Gasteiger partial charge on any atom is -0.381 e. The Labute approximate surface area is 110 Å². The molecule has 0 saturated heterocycles. The van der Waals surface area contributed by atoms with Gasteiger partial charge in [0.25, 0.3) is 0 Å². The maximum atomic E-state index is 5.53. The summed E-state index contributed by atoms with van der Waals surface area (Å²) in [5, 5.41) is 3.68. The van der Waals surface area contributed by atoms with Crippen LogP contribution in [0.2, 0.25) is 0 Å². The summed E-state index contributed by atoms with van der Waals surface area (Å²) in [7, 11) is 1.99. The second-order valence-corrected chi connectivity index (χ2v) is 4.60. The van der Waals surface area contributed by atoms with E-state index in [9.17, 15) is 0 Å². The number of imidazole rings is 1. The summed E-state index contributed by atoms with van der Waals surface area (Å²) in [5.74, 6) is 2.06. The molecule has 2 heterocycles. The first kappa shape index (κ1) is 11.6. The quantitative estimate of drug-likeness (QED) is 0.750. The Kier molecular flexibility index (Phi) is 2.63. The number of anilines is 2. The molecule has 98 valence electrons. The summed E-state index contributed by atoms with van der Waals surface area (Å²) in [4.78, 5) is 9.67. The molecule has 6 nitrogen and oxygen atoms in total. The van der Waals surface area contributed by atoms with Crippen LogP contribution in [0, 0.1) is 6.92 Å². The van der Waals surface area contributed by atoms with Crippen LogP contribution in [0.25, 0.3) is 11.0 Å². The lowest BCUT2D eigenvalue weighted by Crippen LogP contribution is -2.15. The highest BCUT2D eigenvalue weighted by molar-refractivity contribution is 5.79. The van der Waals surface area contributed by atoms with Gasteiger partial charge in [-0.15, -0.1) is 0 Å². The topological polar surface area (TPSA) is 84.0 Å². The Morgan fingerprint density at radius 1 is 1.37 bits per heavy atom. The highest BCUT2D eigenvalue weighted by Crippen LogP contribution is 2.21. The van der Waals surface area contributed by atoms with Crippen LogP contribution in [0.5, 0.6) is 0 Å². The van der Waals surface area contributed by atoms with E-state index in [1.807, 2.05) is 26.1 Å². The average molecular weight is 257 g/mol. The van der Waals surface area contributed by atoms with Gasteiger partial charge in [-0.05, 0) is 25.1 Å². The molecule has 0 unspecified atom stereocenters. The number of nitrogens with two attached hydrogens (primary N) is 1. The fourth-order valence-electron chi connectivity index (χ4n) is 2.09. The summed E-state index contributed by atoms with van der Waals surface area (Å²) >= 11 is 0. The van der Waals surface area contributed by atoms with E-state index in [-0.39, 0.29) is 0 Å². The van der Waals surface area contributed by atoms with Gasteiger partial charge in [-0.3, -0.25) is 0 Å². The molecule has 3 N–H and O–H groups in total. The van der Waals surface area contributed by atoms with E-state index >= 15 is 0 Å². The summed E-state index contributed by atoms with van der Waals surface area (Å²) < 4.78 is 5.11. The minimum atomic E-state index is 0.406. The molecule has 6 heteroatoms. The molecule has 19 heavy (non-hydrogen) atoms. The van der Waals surface area contributed by atoms with Gasteiger partial charge in [-0.25, -0.2) is 4.98 Å². The molecule has 0 saturated carbocycles. The van der Waals surface area contributed by atoms with Gasteiger partial charge in [0.05, 0.1) is 17.6 Å².